The lowest BCUT2D eigenvalue weighted by molar-refractivity contribution is -0.123. The van der Waals surface area contributed by atoms with Gasteiger partial charge in [0.05, 0.1) is 5.56 Å². The maximum Gasteiger partial charge on any atom is 0.338 e. The molecule has 0 spiro atoms. The fourth-order valence-electron chi connectivity index (χ4n) is 2.60. The molecule has 2 rings (SSSR count). The molecule has 2 aromatic rings. The molecule has 1 atom stereocenters. The first-order valence-corrected chi connectivity index (χ1v) is 8.65. The zero-order valence-electron chi connectivity index (χ0n) is 15.3. The molecule has 1 N–H and O–H groups in total. The number of para-hydroxylation sites is 1. The van der Waals surface area contributed by atoms with Gasteiger partial charge in [0, 0.05) is 5.69 Å². The number of ether oxygens (including phenoxy) is 1. The smallest absolute Gasteiger partial charge is 0.338 e. The van der Waals surface area contributed by atoms with Gasteiger partial charge in [0.25, 0.3) is 5.91 Å². The van der Waals surface area contributed by atoms with Gasteiger partial charge in [-0.2, -0.15) is 0 Å². The predicted molar refractivity (Wildman–Crippen MR) is 99.9 cm³/mol. The summed E-state index contributed by atoms with van der Waals surface area (Å²) < 4.78 is 5.31. The average molecular weight is 339 g/mol. The molecular weight excluding hydrogens is 314 g/mol. The number of esters is 1. The highest BCUT2D eigenvalue weighted by molar-refractivity contribution is 5.98. The van der Waals surface area contributed by atoms with Crippen LogP contribution in [-0.2, 0) is 22.4 Å². The summed E-state index contributed by atoms with van der Waals surface area (Å²) in [6.07, 6.45) is 0.769. The van der Waals surface area contributed by atoms with Crippen LogP contribution in [0.2, 0.25) is 0 Å². The highest BCUT2D eigenvalue weighted by Crippen LogP contribution is 2.23. The molecule has 0 aromatic heterocycles. The number of hydrogen-bond donors (Lipinski definition) is 1. The van der Waals surface area contributed by atoms with E-state index in [9.17, 15) is 9.59 Å². The van der Waals surface area contributed by atoms with Gasteiger partial charge in [-0.15, -0.1) is 0 Å². The summed E-state index contributed by atoms with van der Waals surface area (Å²) in [5.41, 5.74) is 4.48. The molecule has 0 heterocycles. The molecule has 2 aromatic carbocycles. The Bertz CT molecular complexity index is 728. The second-order valence-corrected chi connectivity index (χ2v) is 6.06. The Morgan fingerprint density at radius 3 is 2.08 bits per heavy atom. The molecule has 0 aliphatic heterocycles. The Labute approximate surface area is 149 Å². The van der Waals surface area contributed by atoms with Crippen molar-refractivity contribution in [2.75, 3.05) is 5.32 Å². The van der Waals surface area contributed by atoms with Gasteiger partial charge in [0.15, 0.2) is 6.10 Å². The second-order valence-electron chi connectivity index (χ2n) is 6.06. The number of carbonyl (C=O) groups is 2. The van der Waals surface area contributed by atoms with Crippen LogP contribution in [0.1, 0.15) is 47.8 Å². The highest BCUT2D eigenvalue weighted by atomic mass is 16.5. The third kappa shape index (κ3) is 4.69. The maximum absolute atomic E-state index is 12.5. The number of amides is 1. The van der Waals surface area contributed by atoms with E-state index in [1.54, 1.807) is 19.1 Å². The monoisotopic (exact) mass is 339 g/mol. The van der Waals surface area contributed by atoms with E-state index in [0.717, 1.165) is 35.2 Å². The van der Waals surface area contributed by atoms with Crippen LogP contribution in [0.3, 0.4) is 0 Å². The zero-order chi connectivity index (χ0) is 18.4. The van der Waals surface area contributed by atoms with Crippen molar-refractivity contribution >= 4 is 17.6 Å². The summed E-state index contributed by atoms with van der Waals surface area (Å²) in [6.45, 7) is 7.62. The molecular formula is C21H25NO3. The quantitative estimate of drug-likeness (QED) is 0.798. The number of carbonyl (C=O) groups excluding carboxylic acids is 2. The lowest BCUT2D eigenvalue weighted by atomic mass is 10.0. The minimum absolute atomic E-state index is 0.323. The molecule has 0 bridgehead atoms. The molecule has 132 valence electrons. The summed E-state index contributed by atoms with van der Waals surface area (Å²) in [5.74, 6) is -0.821. The SMILES string of the molecule is CCc1cccc(CC)c1NC(=O)[C@@H](C)OC(=O)c1ccc(C)cc1. The fraction of sp³-hybridized carbons (Fsp3) is 0.333. The molecule has 0 saturated carbocycles. The Hall–Kier alpha value is -2.62. The van der Waals surface area contributed by atoms with Crippen molar-refractivity contribution in [2.24, 2.45) is 0 Å². The Morgan fingerprint density at radius 1 is 1.00 bits per heavy atom. The predicted octanol–water partition coefficient (Wildman–Crippen LogP) is 4.30. The van der Waals surface area contributed by atoms with Crippen molar-refractivity contribution in [3.8, 4) is 0 Å². The van der Waals surface area contributed by atoms with Gasteiger partial charge >= 0.3 is 5.97 Å². The first-order chi connectivity index (χ1) is 12.0. The van der Waals surface area contributed by atoms with Crippen LogP contribution >= 0.6 is 0 Å². The summed E-state index contributed by atoms with van der Waals surface area (Å²) in [7, 11) is 0. The van der Waals surface area contributed by atoms with E-state index in [1.807, 2.05) is 51.1 Å². The molecule has 1 amide bonds. The zero-order valence-corrected chi connectivity index (χ0v) is 15.3. The molecule has 25 heavy (non-hydrogen) atoms. The van der Waals surface area contributed by atoms with Gasteiger partial charge in [-0.05, 0) is 49.9 Å². The first-order valence-electron chi connectivity index (χ1n) is 8.65. The summed E-state index contributed by atoms with van der Waals surface area (Å²) >= 11 is 0. The number of hydrogen-bond acceptors (Lipinski definition) is 3. The number of anilines is 1. The molecule has 0 radical (unpaired) electrons. The van der Waals surface area contributed by atoms with Crippen LogP contribution in [0.4, 0.5) is 5.69 Å². The molecule has 4 nitrogen and oxygen atoms in total. The number of rotatable bonds is 6. The largest absolute Gasteiger partial charge is 0.449 e. The van der Waals surface area contributed by atoms with Crippen molar-refractivity contribution in [3.05, 3.63) is 64.7 Å². The second kappa shape index (κ2) is 8.47. The van der Waals surface area contributed by atoms with Crippen LogP contribution in [0.25, 0.3) is 0 Å². The third-order valence-electron chi connectivity index (χ3n) is 4.19. The average Bonchev–Trinajstić information content (AvgIpc) is 2.62. The van der Waals surface area contributed by atoms with E-state index < -0.39 is 12.1 Å². The van der Waals surface area contributed by atoms with Gasteiger partial charge in [0.1, 0.15) is 0 Å². The Kier molecular flexibility index (Phi) is 6.34. The molecule has 0 aliphatic rings. The third-order valence-corrected chi connectivity index (χ3v) is 4.19. The van der Waals surface area contributed by atoms with E-state index in [-0.39, 0.29) is 5.91 Å². The van der Waals surface area contributed by atoms with Crippen LogP contribution in [0.5, 0.6) is 0 Å². The van der Waals surface area contributed by atoms with Gasteiger partial charge < -0.3 is 10.1 Å². The van der Waals surface area contributed by atoms with Crippen molar-refractivity contribution in [1.29, 1.82) is 0 Å². The Morgan fingerprint density at radius 2 is 1.56 bits per heavy atom. The van der Waals surface area contributed by atoms with Gasteiger partial charge in [-0.1, -0.05) is 49.7 Å². The molecule has 0 unspecified atom stereocenters. The summed E-state index contributed by atoms with van der Waals surface area (Å²) in [5, 5.41) is 2.93. The summed E-state index contributed by atoms with van der Waals surface area (Å²) in [4.78, 5) is 24.6. The van der Waals surface area contributed by atoms with Crippen molar-refractivity contribution in [2.45, 2.75) is 46.6 Å². The normalized spacial score (nSPS) is 11.7. The van der Waals surface area contributed by atoms with Crippen molar-refractivity contribution < 1.29 is 14.3 Å². The van der Waals surface area contributed by atoms with Crippen LogP contribution in [0, 0.1) is 6.92 Å². The van der Waals surface area contributed by atoms with Gasteiger partial charge in [-0.3, -0.25) is 4.79 Å². The molecule has 4 heteroatoms. The minimum atomic E-state index is -0.872. The molecule has 0 saturated heterocycles. The van der Waals surface area contributed by atoms with Crippen LogP contribution < -0.4 is 5.32 Å². The minimum Gasteiger partial charge on any atom is -0.449 e. The number of nitrogens with one attached hydrogen (secondary N) is 1. The summed E-state index contributed by atoms with van der Waals surface area (Å²) in [6, 6.07) is 13.1. The van der Waals surface area contributed by atoms with Crippen molar-refractivity contribution in [3.63, 3.8) is 0 Å². The van der Waals surface area contributed by atoms with Crippen molar-refractivity contribution in [1.82, 2.24) is 0 Å². The topological polar surface area (TPSA) is 55.4 Å². The van der Waals surface area contributed by atoms with E-state index in [2.05, 4.69) is 5.32 Å². The number of benzene rings is 2. The van der Waals surface area contributed by atoms with Crippen LogP contribution in [0.15, 0.2) is 42.5 Å². The van der Waals surface area contributed by atoms with E-state index >= 15 is 0 Å². The Balaban J connectivity index is 2.08. The van der Waals surface area contributed by atoms with Gasteiger partial charge in [-0.25, -0.2) is 4.79 Å². The van der Waals surface area contributed by atoms with E-state index in [0.29, 0.717) is 5.56 Å². The lowest BCUT2D eigenvalue weighted by Gasteiger charge is -2.18. The first kappa shape index (κ1) is 18.7. The van der Waals surface area contributed by atoms with E-state index in [4.69, 9.17) is 4.74 Å². The van der Waals surface area contributed by atoms with Crippen LogP contribution in [-0.4, -0.2) is 18.0 Å². The fourth-order valence-corrected chi connectivity index (χ4v) is 2.60. The van der Waals surface area contributed by atoms with E-state index in [1.165, 1.54) is 0 Å². The highest BCUT2D eigenvalue weighted by Gasteiger charge is 2.20. The standard InChI is InChI=1S/C21H25NO3/c1-5-16-8-7-9-17(6-2)19(16)22-20(23)15(4)25-21(24)18-12-10-14(3)11-13-18/h7-13,15H,5-6H2,1-4H3,(H,22,23)/t15-/m1/s1. The molecule has 0 fully saturated rings. The number of aryl methyl sites for hydroxylation is 3. The lowest BCUT2D eigenvalue weighted by Crippen LogP contribution is -2.30. The van der Waals surface area contributed by atoms with Gasteiger partial charge in [0.2, 0.25) is 0 Å². The maximum atomic E-state index is 12.5. The molecule has 0 aliphatic carbocycles.